The molecule has 0 atom stereocenters. The number of carbonyl (C=O) groups is 2. The molecule has 0 spiro atoms. The summed E-state index contributed by atoms with van der Waals surface area (Å²) in [6.07, 6.45) is 2.54. The minimum absolute atomic E-state index is 1.32. The van der Waals surface area contributed by atoms with Crippen LogP contribution in [0.4, 0.5) is 9.59 Å². The van der Waals surface area contributed by atoms with Crippen LogP contribution in [-0.2, 0) is 0 Å². The van der Waals surface area contributed by atoms with E-state index in [1.165, 1.54) is 5.57 Å². The SMILES string of the molecule is CC=CC(C)=CC.O=C(O)O.O=C(O)O. The minimum atomic E-state index is -1.83. The maximum atomic E-state index is 8.56. The molecule has 6 heteroatoms. The molecule has 0 aromatic rings. The summed E-state index contributed by atoms with van der Waals surface area (Å²) in [5, 5.41) is 27.9. The first-order valence-corrected chi connectivity index (χ1v) is 3.87. The van der Waals surface area contributed by atoms with E-state index in [1.54, 1.807) is 0 Å². The van der Waals surface area contributed by atoms with Crippen LogP contribution in [0.2, 0.25) is 0 Å². The van der Waals surface area contributed by atoms with Crippen molar-refractivity contribution in [2.75, 3.05) is 0 Å². The zero-order chi connectivity index (χ0) is 12.9. The van der Waals surface area contributed by atoms with Gasteiger partial charge in [0.05, 0.1) is 0 Å². The maximum absolute atomic E-state index is 8.56. The molecule has 0 unspecified atom stereocenters. The number of hydrogen-bond donors (Lipinski definition) is 4. The summed E-state index contributed by atoms with van der Waals surface area (Å²) in [6.45, 7) is 6.14. The molecule has 6 nitrogen and oxygen atoms in total. The normalized spacial score (nSPS) is 9.40. The number of carboxylic acid groups (broad SMARTS) is 4. The second-order valence-corrected chi connectivity index (χ2v) is 2.10. The molecule has 0 aliphatic carbocycles. The lowest BCUT2D eigenvalue weighted by atomic mass is 10.3. The molecule has 15 heavy (non-hydrogen) atoms. The minimum Gasteiger partial charge on any atom is -0.450 e. The Morgan fingerprint density at radius 2 is 1.20 bits per heavy atom. The van der Waals surface area contributed by atoms with Gasteiger partial charge in [-0.05, 0) is 20.8 Å². The van der Waals surface area contributed by atoms with E-state index in [2.05, 4.69) is 19.1 Å². The molecule has 0 aliphatic heterocycles. The molecular formula is C9H16O6. The van der Waals surface area contributed by atoms with Gasteiger partial charge in [-0.2, -0.15) is 0 Å². The van der Waals surface area contributed by atoms with Gasteiger partial charge >= 0.3 is 12.3 Å². The van der Waals surface area contributed by atoms with Crippen molar-refractivity contribution in [3.8, 4) is 0 Å². The average molecular weight is 220 g/mol. The van der Waals surface area contributed by atoms with Gasteiger partial charge in [0.1, 0.15) is 0 Å². The first-order chi connectivity index (χ1) is 6.77. The Hall–Kier alpha value is -1.98. The molecule has 4 N–H and O–H groups in total. The molecule has 0 saturated carbocycles. The van der Waals surface area contributed by atoms with E-state index in [-0.39, 0.29) is 0 Å². The van der Waals surface area contributed by atoms with E-state index in [0.29, 0.717) is 0 Å². The fourth-order valence-electron chi connectivity index (χ4n) is 0.359. The molecule has 0 bridgehead atoms. The van der Waals surface area contributed by atoms with Crippen molar-refractivity contribution in [1.82, 2.24) is 0 Å². The van der Waals surface area contributed by atoms with Gasteiger partial charge in [-0.1, -0.05) is 23.8 Å². The van der Waals surface area contributed by atoms with E-state index in [1.807, 2.05) is 19.9 Å². The van der Waals surface area contributed by atoms with Gasteiger partial charge in [0, 0.05) is 0 Å². The molecule has 0 rings (SSSR count). The third-order valence-corrected chi connectivity index (χ3v) is 0.885. The summed E-state index contributed by atoms with van der Waals surface area (Å²) >= 11 is 0. The molecule has 0 aromatic heterocycles. The van der Waals surface area contributed by atoms with Crippen LogP contribution in [-0.4, -0.2) is 32.7 Å². The van der Waals surface area contributed by atoms with Gasteiger partial charge in [-0.3, -0.25) is 0 Å². The first-order valence-electron chi connectivity index (χ1n) is 3.87. The third kappa shape index (κ3) is 132. The van der Waals surface area contributed by atoms with E-state index >= 15 is 0 Å². The summed E-state index contributed by atoms with van der Waals surface area (Å²) in [5.41, 5.74) is 1.32. The quantitative estimate of drug-likeness (QED) is 0.505. The molecule has 0 amide bonds. The monoisotopic (exact) mass is 220 g/mol. The summed E-state index contributed by atoms with van der Waals surface area (Å²) in [6, 6.07) is 0. The fraction of sp³-hybridized carbons (Fsp3) is 0.333. The lowest BCUT2D eigenvalue weighted by Crippen LogP contribution is -1.81. The standard InChI is InChI=1S/C7H12.2CH2O3/c1-4-6-7(3)5-2;2*2-1(3)4/h4-6H,1-3H3;2*(H2,2,3,4). The fourth-order valence-corrected chi connectivity index (χ4v) is 0.359. The van der Waals surface area contributed by atoms with Crippen LogP contribution < -0.4 is 0 Å². The molecule has 0 radical (unpaired) electrons. The van der Waals surface area contributed by atoms with Crippen molar-refractivity contribution in [1.29, 1.82) is 0 Å². The molecular weight excluding hydrogens is 204 g/mol. The van der Waals surface area contributed by atoms with Crippen molar-refractivity contribution >= 4 is 12.3 Å². The average Bonchev–Trinajstić information content (AvgIpc) is 2.02. The first kappa shape index (κ1) is 18.7. The largest absolute Gasteiger partial charge is 0.503 e. The van der Waals surface area contributed by atoms with Gasteiger partial charge in [-0.15, -0.1) is 0 Å². The Morgan fingerprint density at radius 1 is 0.933 bits per heavy atom. The van der Waals surface area contributed by atoms with Crippen molar-refractivity contribution in [3.63, 3.8) is 0 Å². The molecule has 88 valence electrons. The zero-order valence-electron chi connectivity index (χ0n) is 8.84. The highest BCUT2D eigenvalue weighted by Gasteiger charge is 1.70. The maximum Gasteiger partial charge on any atom is 0.503 e. The Kier molecular flexibility index (Phi) is 18.2. The van der Waals surface area contributed by atoms with Crippen LogP contribution in [0, 0.1) is 0 Å². The predicted octanol–water partition coefficient (Wildman–Crippen LogP) is 2.97. The van der Waals surface area contributed by atoms with E-state index in [9.17, 15) is 0 Å². The van der Waals surface area contributed by atoms with Crippen LogP contribution in [0.15, 0.2) is 23.8 Å². The van der Waals surface area contributed by atoms with E-state index in [0.717, 1.165) is 0 Å². The summed E-state index contributed by atoms with van der Waals surface area (Å²) in [7, 11) is 0. The van der Waals surface area contributed by atoms with Gasteiger partial charge in [0.25, 0.3) is 0 Å². The highest BCUT2D eigenvalue weighted by atomic mass is 16.6. The number of allylic oxidation sites excluding steroid dienone is 4. The van der Waals surface area contributed by atoms with Crippen molar-refractivity contribution < 1.29 is 30.0 Å². The second-order valence-electron chi connectivity index (χ2n) is 2.10. The molecule has 0 aromatic carbocycles. The smallest absolute Gasteiger partial charge is 0.450 e. The topological polar surface area (TPSA) is 115 Å². The Balaban J connectivity index is -0.000000155. The van der Waals surface area contributed by atoms with Crippen molar-refractivity contribution in [3.05, 3.63) is 23.8 Å². The van der Waals surface area contributed by atoms with Crippen LogP contribution in [0.5, 0.6) is 0 Å². The number of hydrogen-bond acceptors (Lipinski definition) is 2. The summed E-state index contributed by atoms with van der Waals surface area (Å²) < 4.78 is 0. The highest BCUT2D eigenvalue weighted by molar-refractivity contribution is 5.53. The highest BCUT2D eigenvalue weighted by Crippen LogP contribution is 1.91. The third-order valence-electron chi connectivity index (χ3n) is 0.885. The van der Waals surface area contributed by atoms with Crippen LogP contribution >= 0.6 is 0 Å². The zero-order valence-corrected chi connectivity index (χ0v) is 8.84. The number of rotatable bonds is 1. The van der Waals surface area contributed by atoms with Crippen LogP contribution in [0.25, 0.3) is 0 Å². The lowest BCUT2D eigenvalue weighted by Gasteiger charge is -1.81. The van der Waals surface area contributed by atoms with Gasteiger partial charge in [0.2, 0.25) is 0 Å². The van der Waals surface area contributed by atoms with Crippen molar-refractivity contribution in [2.24, 2.45) is 0 Å². The molecule has 0 heterocycles. The van der Waals surface area contributed by atoms with Gasteiger partial charge < -0.3 is 20.4 Å². The molecule has 0 aliphatic rings. The summed E-state index contributed by atoms with van der Waals surface area (Å²) in [5.74, 6) is 0. The Bertz CT molecular complexity index is 209. The molecule has 0 saturated heterocycles. The van der Waals surface area contributed by atoms with Gasteiger partial charge in [-0.25, -0.2) is 9.59 Å². The van der Waals surface area contributed by atoms with Crippen molar-refractivity contribution in [2.45, 2.75) is 20.8 Å². The van der Waals surface area contributed by atoms with E-state index < -0.39 is 12.3 Å². The predicted molar refractivity (Wildman–Crippen MR) is 55.6 cm³/mol. The molecule has 0 fully saturated rings. The second kappa shape index (κ2) is 14.5. The van der Waals surface area contributed by atoms with Gasteiger partial charge in [0.15, 0.2) is 0 Å². The van der Waals surface area contributed by atoms with Crippen LogP contribution in [0.3, 0.4) is 0 Å². The Morgan fingerprint density at radius 3 is 1.27 bits per heavy atom. The lowest BCUT2D eigenvalue weighted by molar-refractivity contribution is 0.135. The summed E-state index contributed by atoms with van der Waals surface area (Å²) in [4.78, 5) is 17.1. The van der Waals surface area contributed by atoms with E-state index in [4.69, 9.17) is 30.0 Å². The Labute approximate surface area is 87.8 Å². The van der Waals surface area contributed by atoms with Crippen LogP contribution in [0.1, 0.15) is 20.8 Å².